The van der Waals surface area contributed by atoms with E-state index in [9.17, 15) is 10.2 Å². The normalized spacial score (nSPS) is 13.5. The van der Waals surface area contributed by atoms with Crippen LogP contribution in [0.15, 0.2) is 0 Å². The predicted octanol–water partition coefficient (Wildman–Crippen LogP) is 13.1. The van der Waals surface area contributed by atoms with Crippen molar-refractivity contribution in [3.05, 3.63) is 0 Å². The molecular weight excluding hydrogens is 550 g/mol. The molecule has 3 heteroatoms. The van der Waals surface area contributed by atoms with Crippen molar-refractivity contribution in [1.29, 1.82) is 0 Å². The van der Waals surface area contributed by atoms with E-state index >= 15 is 0 Å². The van der Waals surface area contributed by atoms with E-state index in [1.54, 1.807) is 0 Å². The smallest absolute Gasteiger partial charge is 0.105 e. The Labute approximate surface area is 285 Å². The lowest BCUT2D eigenvalue weighted by Gasteiger charge is -2.33. The number of nitrogens with zero attached hydrogens (tertiary/aromatic N) is 1. The molecule has 0 fully saturated rings. The van der Waals surface area contributed by atoms with Crippen LogP contribution in [0.1, 0.15) is 232 Å². The lowest BCUT2D eigenvalue weighted by atomic mass is 10.0. The summed E-state index contributed by atoms with van der Waals surface area (Å²) in [5.41, 5.74) is 0. The van der Waals surface area contributed by atoms with Gasteiger partial charge < -0.3 is 14.7 Å². The lowest BCUT2D eigenvalue weighted by Crippen LogP contribution is -2.49. The maximum Gasteiger partial charge on any atom is 0.105 e. The van der Waals surface area contributed by atoms with Crippen LogP contribution < -0.4 is 0 Å². The first-order valence-corrected chi connectivity index (χ1v) is 21.1. The summed E-state index contributed by atoms with van der Waals surface area (Å²) in [6, 6.07) is 0. The van der Waals surface area contributed by atoms with Crippen molar-refractivity contribution in [3.8, 4) is 0 Å². The maximum absolute atomic E-state index is 10.6. The molecule has 0 spiro atoms. The van der Waals surface area contributed by atoms with Crippen LogP contribution in [0.5, 0.6) is 0 Å². The molecule has 2 N–H and O–H groups in total. The van der Waals surface area contributed by atoms with Gasteiger partial charge in [-0.25, -0.2) is 0 Å². The predicted molar refractivity (Wildman–Crippen MR) is 202 cm³/mol. The molecule has 0 aromatic heterocycles. The molecule has 0 saturated heterocycles. The summed E-state index contributed by atoms with van der Waals surface area (Å²) >= 11 is 0. The summed E-state index contributed by atoms with van der Waals surface area (Å²) in [7, 11) is 4.35. The van der Waals surface area contributed by atoms with Crippen LogP contribution in [-0.2, 0) is 0 Å². The van der Waals surface area contributed by atoms with Gasteiger partial charge in [0.2, 0.25) is 0 Å². The molecule has 0 aromatic carbocycles. The Hall–Kier alpha value is -0.120. The average molecular weight is 639 g/mol. The first-order chi connectivity index (χ1) is 21.9. The maximum atomic E-state index is 10.6. The SMILES string of the molecule is CCCCCCCCCCCCCCCCCCC(O)C[N+](C)(C)CC(O)CCCCCCCCCCCCCCCCCC. The van der Waals surface area contributed by atoms with Crippen LogP contribution in [0.3, 0.4) is 0 Å². The van der Waals surface area contributed by atoms with E-state index in [2.05, 4.69) is 27.9 Å². The van der Waals surface area contributed by atoms with E-state index in [1.807, 2.05) is 0 Å². The van der Waals surface area contributed by atoms with Gasteiger partial charge in [-0.15, -0.1) is 0 Å². The van der Waals surface area contributed by atoms with Crippen LogP contribution >= 0.6 is 0 Å². The molecule has 2 atom stereocenters. The second-order valence-corrected chi connectivity index (χ2v) is 15.8. The summed E-state index contributed by atoms with van der Waals surface area (Å²) in [5.74, 6) is 0. The zero-order valence-electron chi connectivity index (χ0n) is 32.0. The average Bonchev–Trinajstić information content (AvgIpc) is 3.00. The molecule has 0 aliphatic carbocycles. The fourth-order valence-corrected chi connectivity index (χ4v) is 7.25. The van der Waals surface area contributed by atoms with Crippen molar-refractivity contribution in [2.24, 2.45) is 0 Å². The van der Waals surface area contributed by atoms with Crippen molar-refractivity contribution in [1.82, 2.24) is 0 Å². The van der Waals surface area contributed by atoms with E-state index in [-0.39, 0.29) is 12.2 Å². The van der Waals surface area contributed by atoms with Gasteiger partial charge in [-0.3, -0.25) is 0 Å². The molecule has 0 amide bonds. The number of likely N-dealkylation sites (N-methyl/N-ethyl adjacent to an activating group) is 1. The van der Waals surface area contributed by atoms with Gasteiger partial charge in [0.05, 0.1) is 14.1 Å². The van der Waals surface area contributed by atoms with Crippen molar-refractivity contribution >= 4 is 0 Å². The number of hydrogen-bond donors (Lipinski definition) is 2. The third-order valence-electron chi connectivity index (χ3n) is 10.2. The molecule has 0 rings (SSSR count). The molecule has 0 aromatic rings. The van der Waals surface area contributed by atoms with E-state index < -0.39 is 0 Å². The number of quaternary nitrogens is 1. The summed E-state index contributed by atoms with van der Waals surface area (Å²) in [6.07, 6.45) is 45.7. The second kappa shape index (κ2) is 35.2. The standard InChI is InChI=1S/C42H88NO2/c1-5-7-9-11-13-15-17-19-21-23-25-27-29-31-33-35-37-41(44)39-43(3,4)40-42(45)38-36-34-32-30-28-26-24-22-20-18-16-14-12-10-8-6-2/h41-42,44-45H,5-40H2,1-4H3/q+1. The quantitative estimate of drug-likeness (QED) is 0.0522. The molecule has 2 unspecified atom stereocenters. The lowest BCUT2D eigenvalue weighted by molar-refractivity contribution is -0.896. The number of unbranched alkanes of at least 4 members (excludes halogenated alkanes) is 30. The van der Waals surface area contributed by atoms with E-state index in [0.717, 1.165) is 43.3 Å². The highest BCUT2D eigenvalue weighted by Gasteiger charge is 2.23. The van der Waals surface area contributed by atoms with Gasteiger partial charge >= 0.3 is 0 Å². The monoisotopic (exact) mass is 639 g/mol. The summed E-state index contributed by atoms with van der Waals surface area (Å²) < 4.78 is 0.722. The Balaban J connectivity index is 3.49. The van der Waals surface area contributed by atoms with Gasteiger partial charge in [-0.2, -0.15) is 0 Å². The molecule has 0 heterocycles. The Morgan fingerprint density at radius 2 is 0.489 bits per heavy atom. The van der Waals surface area contributed by atoms with Crippen molar-refractivity contribution in [3.63, 3.8) is 0 Å². The Morgan fingerprint density at radius 3 is 0.689 bits per heavy atom. The summed E-state index contributed by atoms with van der Waals surface area (Å²) in [4.78, 5) is 0. The molecule has 272 valence electrons. The highest BCUT2D eigenvalue weighted by molar-refractivity contribution is 4.60. The largest absolute Gasteiger partial charge is 0.387 e. The number of aliphatic hydroxyl groups is 2. The van der Waals surface area contributed by atoms with Crippen molar-refractivity contribution < 1.29 is 14.7 Å². The van der Waals surface area contributed by atoms with Crippen LogP contribution in [-0.4, -0.2) is 54.1 Å². The fourth-order valence-electron chi connectivity index (χ4n) is 7.25. The van der Waals surface area contributed by atoms with Crippen molar-refractivity contribution in [2.75, 3.05) is 27.2 Å². The van der Waals surface area contributed by atoms with E-state index in [0.29, 0.717) is 0 Å². The minimum absolute atomic E-state index is 0.241. The van der Waals surface area contributed by atoms with E-state index in [1.165, 1.54) is 193 Å². The van der Waals surface area contributed by atoms with Crippen LogP contribution in [0, 0.1) is 0 Å². The number of aliphatic hydroxyl groups excluding tert-OH is 2. The van der Waals surface area contributed by atoms with E-state index in [4.69, 9.17) is 0 Å². The summed E-state index contributed by atoms with van der Waals surface area (Å²) in [5, 5.41) is 21.3. The first-order valence-electron chi connectivity index (χ1n) is 21.1. The highest BCUT2D eigenvalue weighted by atomic mass is 16.3. The van der Waals surface area contributed by atoms with Gasteiger partial charge in [0.15, 0.2) is 0 Å². The van der Waals surface area contributed by atoms with Crippen LogP contribution in [0.2, 0.25) is 0 Å². The van der Waals surface area contributed by atoms with Gasteiger partial charge in [0.25, 0.3) is 0 Å². The van der Waals surface area contributed by atoms with Gasteiger partial charge in [-0.05, 0) is 12.8 Å². The first kappa shape index (κ1) is 44.9. The Kier molecular flexibility index (Phi) is 35.1. The molecule has 0 bridgehead atoms. The molecule has 45 heavy (non-hydrogen) atoms. The minimum atomic E-state index is -0.241. The summed E-state index contributed by atoms with van der Waals surface area (Å²) in [6.45, 7) is 6.11. The molecule has 0 aliphatic rings. The zero-order chi connectivity index (χ0) is 33.1. The molecule has 0 saturated carbocycles. The number of rotatable bonds is 38. The van der Waals surface area contributed by atoms with Gasteiger partial charge in [0, 0.05) is 0 Å². The topological polar surface area (TPSA) is 40.5 Å². The fraction of sp³-hybridized carbons (Fsp3) is 1.00. The van der Waals surface area contributed by atoms with Crippen molar-refractivity contribution in [2.45, 2.75) is 244 Å². The molecule has 3 nitrogen and oxygen atoms in total. The molecule has 0 aliphatic heterocycles. The molecule has 0 radical (unpaired) electrons. The highest BCUT2D eigenvalue weighted by Crippen LogP contribution is 2.17. The van der Waals surface area contributed by atoms with Crippen LogP contribution in [0.4, 0.5) is 0 Å². The minimum Gasteiger partial charge on any atom is -0.387 e. The zero-order valence-corrected chi connectivity index (χ0v) is 32.0. The second-order valence-electron chi connectivity index (χ2n) is 15.8. The Morgan fingerprint density at radius 1 is 0.311 bits per heavy atom. The third-order valence-corrected chi connectivity index (χ3v) is 10.2. The Bertz CT molecular complexity index is 505. The van der Waals surface area contributed by atoms with Crippen LogP contribution in [0.25, 0.3) is 0 Å². The van der Waals surface area contributed by atoms with Gasteiger partial charge in [-0.1, -0.05) is 219 Å². The third kappa shape index (κ3) is 36.6. The molecular formula is C42H88NO2+. The number of hydrogen-bond acceptors (Lipinski definition) is 2. The van der Waals surface area contributed by atoms with Gasteiger partial charge in [0.1, 0.15) is 25.3 Å².